The SMILES string of the molecule is CC(C)(C)CC(CO)NC(=O)c1cc2cccc(F)c2o1. The van der Waals surface area contributed by atoms with Crippen LogP contribution in [0.3, 0.4) is 0 Å². The highest BCUT2D eigenvalue weighted by Gasteiger charge is 2.22. The molecular weight excluding hydrogens is 273 g/mol. The van der Waals surface area contributed by atoms with Crippen molar-refractivity contribution in [1.82, 2.24) is 5.32 Å². The third-order valence-electron chi connectivity index (χ3n) is 3.13. The molecule has 1 unspecified atom stereocenters. The molecule has 5 heteroatoms. The van der Waals surface area contributed by atoms with Gasteiger partial charge in [0.25, 0.3) is 5.91 Å². The fraction of sp³-hybridized carbons (Fsp3) is 0.438. The molecule has 0 fully saturated rings. The molecule has 2 rings (SSSR count). The van der Waals surface area contributed by atoms with E-state index in [1.54, 1.807) is 12.1 Å². The van der Waals surface area contributed by atoms with Crippen LogP contribution in [0.25, 0.3) is 11.0 Å². The Morgan fingerprint density at radius 1 is 1.43 bits per heavy atom. The normalized spacial score (nSPS) is 13.4. The van der Waals surface area contributed by atoms with Crippen molar-refractivity contribution in [3.63, 3.8) is 0 Å². The van der Waals surface area contributed by atoms with Gasteiger partial charge in [-0.2, -0.15) is 0 Å². The Balaban J connectivity index is 2.16. The third kappa shape index (κ3) is 3.82. The van der Waals surface area contributed by atoms with Crippen LogP contribution in [0.4, 0.5) is 4.39 Å². The van der Waals surface area contributed by atoms with E-state index in [1.165, 1.54) is 12.1 Å². The number of nitrogens with one attached hydrogen (secondary N) is 1. The number of para-hydroxylation sites is 1. The van der Waals surface area contributed by atoms with Gasteiger partial charge < -0.3 is 14.8 Å². The highest BCUT2D eigenvalue weighted by Crippen LogP contribution is 2.23. The molecule has 2 aromatic rings. The lowest BCUT2D eigenvalue weighted by Crippen LogP contribution is -2.39. The van der Waals surface area contributed by atoms with Crippen molar-refractivity contribution >= 4 is 16.9 Å². The number of benzene rings is 1. The summed E-state index contributed by atoms with van der Waals surface area (Å²) in [5.41, 5.74) is 0.0414. The van der Waals surface area contributed by atoms with Gasteiger partial charge in [0.1, 0.15) is 0 Å². The Labute approximate surface area is 122 Å². The number of carbonyl (C=O) groups excluding carboxylic acids is 1. The van der Waals surface area contributed by atoms with Crippen LogP contribution in [-0.2, 0) is 0 Å². The first kappa shape index (κ1) is 15.5. The molecule has 0 saturated heterocycles. The number of hydrogen-bond donors (Lipinski definition) is 2. The molecule has 0 radical (unpaired) electrons. The average molecular weight is 293 g/mol. The maximum atomic E-state index is 13.5. The Bertz CT molecular complexity index is 642. The molecule has 21 heavy (non-hydrogen) atoms. The first-order valence-electron chi connectivity index (χ1n) is 6.90. The number of hydrogen-bond acceptors (Lipinski definition) is 3. The van der Waals surface area contributed by atoms with E-state index in [9.17, 15) is 14.3 Å². The molecule has 0 aliphatic carbocycles. The van der Waals surface area contributed by atoms with E-state index in [0.29, 0.717) is 11.8 Å². The lowest BCUT2D eigenvalue weighted by atomic mass is 9.88. The summed E-state index contributed by atoms with van der Waals surface area (Å²) in [6, 6.07) is 5.65. The fourth-order valence-corrected chi connectivity index (χ4v) is 2.30. The van der Waals surface area contributed by atoms with Gasteiger partial charge in [-0.15, -0.1) is 0 Å². The van der Waals surface area contributed by atoms with Crippen LogP contribution in [0, 0.1) is 11.2 Å². The third-order valence-corrected chi connectivity index (χ3v) is 3.13. The Morgan fingerprint density at radius 3 is 2.71 bits per heavy atom. The maximum Gasteiger partial charge on any atom is 0.287 e. The minimum atomic E-state index is -0.500. The summed E-state index contributed by atoms with van der Waals surface area (Å²) < 4.78 is 18.8. The number of amides is 1. The average Bonchev–Trinajstić information content (AvgIpc) is 2.82. The summed E-state index contributed by atoms with van der Waals surface area (Å²) in [4.78, 5) is 12.1. The first-order valence-corrected chi connectivity index (χ1v) is 6.90. The van der Waals surface area contributed by atoms with Gasteiger partial charge in [0.05, 0.1) is 12.6 Å². The molecule has 1 atom stereocenters. The predicted octanol–water partition coefficient (Wildman–Crippen LogP) is 3.10. The van der Waals surface area contributed by atoms with Gasteiger partial charge in [-0.1, -0.05) is 32.9 Å². The molecule has 1 heterocycles. The van der Waals surface area contributed by atoms with Crippen LogP contribution in [0.1, 0.15) is 37.7 Å². The summed E-state index contributed by atoms with van der Waals surface area (Å²) in [5.74, 6) is -0.906. The molecule has 114 valence electrons. The molecule has 0 aliphatic rings. The Morgan fingerprint density at radius 2 is 2.14 bits per heavy atom. The maximum absolute atomic E-state index is 13.5. The molecule has 0 aliphatic heterocycles. The summed E-state index contributed by atoms with van der Waals surface area (Å²) in [5, 5.41) is 12.6. The van der Waals surface area contributed by atoms with Gasteiger partial charge in [-0.3, -0.25) is 4.79 Å². The van der Waals surface area contributed by atoms with Crippen LogP contribution in [-0.4, -0.2) is 23.7 Å². The van der Waals surface area contributed by atoms with Gasteiger partial charge in [0.2, 0.25) is 0 Å². The molecule has 2 N–H and O–H groups in total. The van der Waals surface area contributed by atoms with E-state index in [4.69, 9.17) is 4.42 Å². The second-order valence-electron chi connectivity index (χ2n) is 6.39. The van der Waals surface area contributed by atoms with Crippen LogP contribution < -0.4 is 5.32 Å². The quantitative estimate of drug-likeness (QED) is 0.910. The molecule has 1 amide bonds. The lowest BCUT2D eigenvalue weighted by Gasteiger charge is -2.25. The molecule has 0 saturated carbocycles. The van der Waals surface area contributed by atoms with E-state index < -0.39 is 11.7 Å². The minimum absolute atomic E-state index is 0.0271. The van der Waals surface area contributed by atoms with Crippen LogP contribution in [0.2, 0.25) is 0 Å². The highest BCUT2D eigenvalue weighted by atomic mass is 19.1. The lowest BCUT2D eigenvalue weighted by molar-refractivity contribution is 0.0872. The van der Waals surface area contributed by atoms with Crippen molar-refractivity contribution in [3.8, 4) is 0 Å². The number of halogens is 1. The fourth-order valence-electron chi connectivity index (χ4n) is 2.30. The standard InChI is InChI=1S/C16H20FNO3/c1-16(2,3)8-11(9-19)18-15(20)13-7-10-5-4-6-12(17)14(10)21-13/h4-7,11,19H,8-9H2,1-3H3,(H,18,20). The van der Waals surface area contributed by atoms with E-state index >= 15 is 0 Å². The van der Waals surface area contributed by atoms with Crippen molar-refractivity contribution in [1.29, 1.82) is 0 Å². The molecule has 4 nitrogen and oxygen atoms in total. The zero-order chi connectivity index (χ0) is 15.6. The number of fused-ring (bicyclic) bond motifs is 1. The van der Waals surface area contributed by atoms with Crippen molar-refractivity contribution in [2.75, 3.05) is 6.61 Å². The summed E-state index contributed by atoms with van der Waals surface area (Å²) in [6.45, 7) is 5.92. The van der Waals surface area contributed by atoms with Gasteiger partial charge in [-0.05, 0) is 24.0 Å². The number of furan rings is 1. The summed E-state index contributed by atoms with van der Waals surface area (Å²) in [6.07, 6.45) is 0.629. The van der Waals surface area contributed by atoms with Gasteiger partial charge in [0, 0.05) is 5.39 Å². The van der Waals surface area contributed by atoms with Gasteiger partial charge in [-0.25, -0.2) is 4.39 Å². The molecule has 0 bridgehead atoms. The molecule has 1 aromatic heterocycles. The van der Waals surface area contributed by atoms with E-state index in [-0.39, 0.29) is 29.4 Å². The van der Waals surface area contributed by atoms with Crippen LogP contribution in [0.5, 0.6) is 0 Å². The first-order chi connectivity index (χ1) is 9.80. The second-order valence-corrected chi connectivity index (χ2v) is 6.39. The number of aliphatic hydroxyl groups is 1. The molecular formula is C16H20FNO3. The van der Waals surface area contributed by atoms with E-state index in [2.05, 4.69) is 5.32 Å². The van der Waals surface area contributed by atoms with Crippen molar-refractivity contribution in [2.45, 2.75) is 33.2 Å². The Hall–Kier alpha value is -1.88. The van der Waals surface area contributed by atoms with Crippen molar-refractivity contribution < 1.29 is 18.7 Å². The molecule has 1 aromatic carbocycles. The van der Waals surface area contributed by atoms with Gasteiger partial charge in [0.15, 0.2) is 17.2 Å². The summed E-state index contributed by atoms with van der Waals surface area (Å²) >= 11 is 0. The van der Waals surface area contributed by atoms with Crippen molar-refractivity contribution in [3.05, 3.63) is 35.8 Å². The molecule has 0 spiro atoms. The zero-order valence-corrected chi connectivity index (χ0v) is 12.4. The summed E-state index contributed by atoms with van der Waals surface area (Å²) in [7, 11) is 0. The number of aliphatic hydroxyl groups excluding tert-OH is 1. The monoisotopic (exact) mass is 293 g/mol. The number of rotatable bonds is 4. The predicted molar refractivity (Wildman–Crippen MR) is 78.6 cm³/mol. The van der Waals surface area contributed by atoms with E-state index in [0.717, 1.165) is 0 Å². The van der Waals surface area contributed by atoms with E-state index in [1.807, 2.05) is 20.8 Å². The smallest absolute Gasteiger partial charge is 0.287 e. The minimum Gasteiger partial charge on any atom is -0.448 e. The topological polar surface area (TPSA) is 62.5 Å². The van der Waals surface area contributed by atoms with Crippen LogP contribution in [0.15, 0.2) is 28.7 Å². The zero-order valence-electron chi connectivity index (χ0n) is 12.4. The second kappa shape index (κ2) is 5.85. The highest BCUT2D eigenvalue weighted by molar-refractivity contribution is 5.96. The Kier molecular flexibility index (Phi) is 4.32. The van der Waals surface area contributed by atoms with Gasteiger partial charge >= 0.3 is 0 Å². The van der Waals surface area contributed by atoms with Crippen molar-refractivity contribution in [2.24, 2.45) is 5.41 Å². The van der Waals surface area contributed by atoms with Crippen LogP contribution >= 0.6 is 0 Å². The number of carbonyl (C=O) groups is 1. The largest absolute Gasteiger partial charge is 0.448 e.